The molecule has 0 saturated carbocycles. The van der Waals surface area contributed by atoms with E-state index in [2.05, 4.69) is 10.3 Å². The van der Waals surface area contributed by atoms with E-state index in [1.807, 2.05) is 24.3 Å². The van der Waals surface area contributed by atoms with Crippen molar-refractivity contribution in [3.63, 3.8) is 0 Å². The molecule has 84 valence electrons. The van der Waals surface area contributed by atoms with Crippen molar-refractivity contribution >= 4 is 22.2 Å². The molecular weight excluding hydrogens is 222 g/mol. The van der Waals surface area contributed by atoms with Crippen LogP contribution in [0.15, 0.2) is 30.5 Å². The molecule has 1 aromatic heterocycles. The lowest BCUT2D eigenvalue weighted by Crippen LogP contribution is -1.91. The summed E-state index contributed by atoms with van der Waals surface area (Å²) in [5, 5.41) is 4.05. The highest BCUT2D eigenvalue weighted by molar-refractivity contribution is 7.15. The van der Waals surface area contributed by atoms with Gasteiger partial charge in [-0.2, -0.15) is 0 Å². The molecule has 2 rings (SSSR count). The molecule has 0 aliphatic heterocycles. The summed E-state index contributed by atoms with van der Waals surface area (Å²) in [5.74, 6) is 0.820. The van der Waals surface area contributed by atoms with Crippen LogP contribution in [0, 0.1) is 0 Å². The van der Waals surface area contributed by atoms with Crippen molar-refractivity contribution in [3.05, 3.63) is 35.3 Å². The predicted molar refractivity (Wildman–Crippen MR) is 66.3 cm³/mol. The van der Waals surface area contributed by atoms with E-state index in [1.54, 1.807) is 24.6 Å². The summed E-state index contributed by atoms with van der Waals surface area (Å²) in [6.45, 7) is 0.525. The normalized spacial score (nSPS) is 10.1. The third kappa shape index (κ3) is 2.50. The van der Waals surface area contributed by atoms with Crippen molar-refractivity contribution < 1.29 is 4.74 Å². The minimum Gasteiger partial charge on any atom is -0.497 e. The maximum absolute atomic E-state index is 5.52. The van der Waals surface area contributed by atoms with Gasteiger partial charge in [-0.05, 0) is 12.1 Å². The molecule has 0 aliphatic carbocycles. The molecule has 2 aromatic rings. The maximum Gasteiger partial charge on any atom is 0.187 e. The first-order valence-electron chi connectivity index (χ1n) is 4.87. The molecule has 0 atom stereocenters. The highest BCUT2D eigenvalue weighted by Gasteiger charge is 2.01. The number of benzene rings is 1. The first-order valence-corrected chi connectivity index (χ1v) is 5.69. The average Bonchev–Trinajstić information content (AvgIpc) is 2.77. The topological polar surface area (TPSA) is 60.2 Å². The van der Waals surface area contributed by atoms with E-state index in [0.29, 0.717) is 6.54 Å². The van der Waals surface area contributed by atoms with Gasteiger partial charge in [-0.3, -0.25) is 0 Å². The summed E-state index contributed by atoms with van der Waals surface area (Å²) < 4.78 is 5.14. The zero-order valence-electron chi connectivity index (χ0n) is 8.93. The molecule has 0 unspecified atom stereocenters. The van der Waals surface area contributed by atoms with Gasteiger partial charge in [-0.1, -0.05) is 6.07 Å². The van der Waals surface area contributed by atoms with Crippen LogP contribution in [0.5, 0.6) is 5.75 Å². The number of aromatic nitrogens is 1. The molecule has 3 N–H and O–H groups in total. The van der Waals surface area contributed by atoms with Gasteiger partial charge in [-0.25, -0.2) is 4.98 Å². The zero-order chi connectivity index (χ0) is 11.4. The van der Waals surface area contributed by atoms with Crippen LogP contribution in [-0.4, -0.2) is 12.1 Å². The van der Waals surface area contributed by atoms with Crippen LogP contribution in [-0.2, 0) is 6.54 Å². The number of nitrogens with two attached hydrogens (primary N) is 1. The number of methoxy groups -OCH3 is 1. The molecule has 1 aromatic carbocycles. The summed E-state index contributed by atoms with van der Waals surface area (Å²) in [7, 11) is 1.65. The van der Waals surface area contributed by atoms with Crippen LogP contribution in [0.2, 0.25) is 0 Å². The first kappa shape index (κ1) is 10.9. The molecule has 0 bridgehead atoms. The molecule has 0 aliphatic rings. The third-order valence-electron chi connectivity index (χ3n) is 2.08. The van der Waals surface area contributed by atoms with Gasteiger partial charge in [0.2, 0.25) is 0 Å². The number of ether oxygens (including phenoxy) is 1. The van der Waals surface area contributed by atoms with Crippen LogP contribution < -0.4 is 15.8 Å². The maximum atomic E-state index is 5.52. The van der Waals surface area contributed by atoms with Gasteiger partial charge in [0.25, 0.3) is 0 Å². The standard InChI is InChI=1S/C11H13N3OS/c1-15-9-4-2-3-8(5-9)14-11-13-7-10(6-12)16-11/h2-5,7H,6,12H2,1H3,(H,13,14). The minimum absolute atomic E-state index is 0.525. The number of hydrogen-bond acceptors (Lipinski definition) is 5. The second kappa shape index (κ2) is 4.96. The quantitative estimate of drug-likeness (QED) is 0.854. The van der Waals surface area contributed by atoms with E-state index >= 15 is 0 Å². The van der Waals surface area contributed by atoms with Gasteiger partial charge in [0.05, 0.1) is 7.11 Å². The zero-order valence-corrected chi connectivity index (χ0v) is 9.75. The van der Waals surface area contributed by atoms with E-state index in [9.17, 15) is 0 Å². The molecule has 0 fully saturated rings. The van der Waals surface area contributed by atoms with E-state index < -0.39 is 0 Å². The van der Waals surface area contributed by atoms with Crippen molar-refractivity contribution in [1.29, 1.82) is 0 Å². The Morgan fingerprint density at radius 2 is 2.38 bits per heavy atom. The van der Waals surface area contributed by atoms with Gasteiger partial charge in [0.15, 0.2) is 5.13 Å². The molecule has 0 saturated heterocycles. The smallest absolute Gasteiger partial charge is 0.187 e. The lowest BCUT2D eigenvalue weighted by atomic mass is 10.3. The average molecular weight is 235 g/mol. The van der Waals surface area contributed by atoms with Crippen LogP contribution in [0.1, 0.15) is 4.88 Å². The fraction of sp³-hybridized carbons (Fsp3) is 0.182. The number of thiazole rings is 1. The van der Waals surface area contributed by atoms with E-state index in [0.717, 1.165) is 21.4 Å². The van der Waals surface area contributed by atoms with Gasteiger partial charge in [0.1, 0.15) is 5.75 Å². The lowest BCUT2D eigenvalue weighted by molar-refractivity contribution is 0.415. The second-order valence-corrected chi connectivity index (χ2v) is 4.31. The number of hydrogen-bond donors (Lipinski definition) is 2. The van der Waals surface area contributed by atoms with Crippen LogP contribution >= 0.6 is 11.3 Å². The Labute approximate surface area is 98.1 Å². The van der Waals surface area contributed by atoms with Gasteiger partial charge < -0.3 is 15.8 Å². The Bertz CT molecular complexity index is 470. The Balaban J connectivity index is 2.13. The molecular formula is C11H13N3OS. The SMILES string of the molecule is COc1cccc(Nc2ncc(CN)s2)c1. The fourth-order valence-electron chi connectivity index (χ4n) is 1.28. The molecule has 16 heavy (non-hydrogen) atoms. The Morgan fingerprint density at radius 3 is 3.06 bits per heavy atom. The van der Waals surface area contributed by atoms with Gasteiger partial charge in [0, 0.05) is 29.4 Å². The van der Waals surface area contributed by atoms with E-state index in [-0.39, 0.29) is 0 Å². The summed E-state index contributed by atoms with van der Waals surface area (Å²) in [4.78, 5) is 5.28. The van der Waals surface area contributed by atoms with E-state index in [4.69, 9.17) is 10.5 Å². The van der Waals surface area contributed by atoms with Crippen molar-refractivity contribution in [2.75, 3.05) is 12.4 Å². The monoisotopic (exact) mass is 235 g/mol. The summed E-state index contributed by atoms with van der Waals surface area (Å²) >= 11 is 1.55. The molecule has 1 heterocycles. The molecule has 0 spiro atoms. The molecule has 0 amide bonds. The fourth-order valence-corrected chi connectivity index (χ4v) is 2.00. The Hall–Kier alpha value is -1.59. The molecule has 0 radical (unpaired) electrons. The van der Waals surface area contributed by atoms with E-state index in [1.165, 1.54) is 0 Å². The van der Waals surface area contributed by atoms with Crippen LogP contribution in [0.4, 0.5) is 10.8 Å². The van der Waals surface area contributed by atoms with Crippen molar-refractivity contribution in [2.24, 2.45) is 5.73 Å². The van der Waals surface area contributed by atoms with Crippen molar-refractivity contribution in [3.8, 4) is 5.75 Å². The molecule has 4 nitrogen and oxygen atoms in total. The van der Waals surface area contributed by atoms with Gasteiger partial charge >= 0.3 is 0 Å². The van der Waals surface area contributed by atoms with Gasteiger partial charge in [-0.15, -0.1) is 11.3 Å². The number of rotatable bonds is 4. The highest BCUT2D eigenvalue weighted by atomic mass is 32.1. The highest BCUT2D eigenvalue weighted by Crippen LogP contribution is 2.24. The van der Waals surface area contributed by atoms with Crippen molar-refractivity contribution in [1.82, 2.24) is 4.98 Å². The summed E-state index contributed by atoms with van der Waals surface area (Å²) in [6, 6.07) is 7.71. The summed E-state index contributed by atoms with van der Waals surface area (Å²) in [6.07, 6.45) is 1.78. The third-order valence-corrected chi connectivity index (χ3v) is 3.01. The number of nitrogens with zero attached hydrogens (tertiary/aromatic N) is 1. The largest absolute Gasteiger partial charge is 0.497 e. The number of anilines is 2. The van der Waals surface area contributed by atoms with Crippen LogP contribution in [0.25, 0.3) is 0 Å². The Kier molecular flexibility index (Phi) is 3.38. The molecule has 5 heteroatoms. The lowest BCUT2D eigenvalue weighted by Gasteiger charge is -2.04. The number of nitrogens with one attached hydrogen (secondary N) is 1. The first-order chi connectivity index (χ1) is 7.81. The predicted octanol–water partition coefficient (Wildman–Crippen LogP) is 2.35. The summed E-state index contributed by atoms with van der Waals surface area (Å²) in [5.41, 5.74) is 6.48. The van der Waals surface area contributed by atoms with Crippen LogP contribution in [0.3, 0.4) is 0 Å². The Morgan fingerprint density at radius 1 is 1.50 bits per heavy atom. The minimum atomic E-state index is 0.525. The van der Waals surface area contributed by atoms with Crippen molar-refractivity contribution in [2.45, 2.75) is 6.54 Å². The second-order valence-electron chi connectivity index (χ2n) is 3.19.